The number of hydrogen-bond acceptors (Lipinski definition) is 2. The van der Waals surface area contributed by atoms with Crippen LogP contribution in [-0.2, 0) is 10.0 Å². The SMILES string of the molecule is CC(C)(C)S(=O)(=O)N[C@H](c1cc(Cl)ccc1F)C(F)(F)F. The summed E-state index contributed by atoms with van der Waals surface area (Å²) in [6, 6.07) is -0.130. The van der Waals surface area contributed by atoms with Crippen LogP contribution in [0.2, 0.25) is 5.02 Å². The first kappa shape index (κ1) is 18.2. The largest absolute Gasteiger partial charge is 0.408 e. The normalized spacial score (nSPS) is 15.0. The van der Waals surface area contributed by atoms with E-state index in [1.54, 1.807) is 0 Å². The van der Waals surface area contributed by atoms with E-state index in [0.717, 1.165) is 18.2 Å². The molecule has 0 unspecified atom stereocenters. The minimum atomic E-state index is -5.01. The van der Waals surface area contributed by atoms with Crippen LogP contribution in [0, 0.1) is 5.82 Å². The quantitative estimate of drug-likeness (QED) is 0.845. The summed E-state index contributed by atoms with van der Waals surface area (Å²) in [6.07, 6.45) is -5.01. The van der Waals surface area contributed by atoms with Gasteiger partial charge < -0.3 is 0 Å². The predicted octanol–water partition coefficient (Wildman–Crippen LogP) is 3.80. The van der Waals surface area contributed by atoms with Gasteiger partial charge in [-0.25, -0.2) is 12.8 Å². The standard InChI is InChI=1S/C12H14ClF4NO2S/c1-11(2,3)21(19,20)18-10(12(15,16)17)8-6-7(13)4-5-9(8)14/h4-6,10,18H,1-3H3/t10-/m1/s1. The zero-order valence-electron chi connectivity index (χ0n) is 11.4. The van der Waals surface area contributed by atoms with Crippen LogP contribution in [-0.4, -0.2) is 19.3 Å². The molecule has 0 aliphatic heterocycles. The van der Waals surface area contributed by atoms with E-state index in [9.17, 15) is 26.0 Å². The van der Waals surface area contributed by atoms with Crippen LogP contribution in [0.25, 0.3) is 0 Å². The minimum Gasteiger partial charge on any atom is -0.212 e. The zero-order chi connectivity index (χ0) is 16.6. The molecule has 0 heterocycles. The Morgan fingerprint density at radius 1 is 1.19 bits per heavy atom. The van der Waals surface area contributed by atoms with Crippen molar-refractivity contribution in [2.75, 3.05) is 0 Å². The highest BCUT2D eigenvalue weighted by molar-refractivity contribution is 7.90. The lowest BCUT2D eigenvalue weighted by molar-refractivity contribution is -0.153. The van der Waals surface area contributed by atoms with Crippen molar-refractivity contribution in [1.82, 2.24) is 4.72 Å². The van der Waals surface area contributed by atoms with Crippen molar-refractivity contribution < 1.29 is 26.0 Å². The van der Waals surface area contributed by atoms with Gasteiger partial charge in [-0.15, -0.1) is 0 Å². The summed E-state index contributed by atoms with van der Waals surface area (Å²) in [5, 5.41) is -0.129. The molecular weight excluding hydrogens is 334 g/mol. The maximum absolute atomic E-state index is 13.6. The third-order valence-electron chi connectivity index (χ3n) is 2.68. The first-order valence-electron chi connectivity index (χ1n) is 5.79. The Bertz CT molecular complexity index is 623. The molecule has 9 heteroatoms. The molecule has 0 fully saturated rings. The molecule has 0 aliphatic rings. The van der Waals surface area contributed by atoms with Gasteiger partial charge in [0.1, 0.15) is 11.9 Å². The highest BCUT2D eigenvalue weighted by Crippen LogP contribution is 2.36. The lowest BCUT2D eigenvalue weighted by atomic mass is 10.1. The molecule has 21 heavy (non-hydrogen) atoms. The van der Waals surface area contributed by atoms with Gasteiger partial charge in [0.15, 0.2) is 0 Å². The van der Waals surface area contributed by atoms with E-state index in [-0.39, 0.29) is 5.02 Å². The Morgan fingerprint density at radius 2 is 1.71 bits per heavy atom. The molecule has 0 spiro atoms. The Hall–Kier alpha value is -0.860. The third-order valence-corrected chi connectivity index (χ3v) is 5.07. The fourth-order valence-electron chi connectivity index (χ4n) is 1.37. The summed E-state index contributed by atoms with van der Waals surface area (Å²) >= 11 is 5.56. The van der Waals surface area contributed by atoms with Gasteiger partial charge in [-0.1, -0.05) is 11.6 Å². The van der Waals surface area contributed by atoms with Gasteiger partial charge in [-0.05, 0) is 39.0 Å². The van der Waals surface area contributed by atoms with Crippen LogP contribution in [0.5, 0.6) is 0 Å². The van der Waals surface area contributed by atoms with Gasteiger partial charge in [0.25, 0.3) is 0 Å². The summed E-state index contributed by atoms with van der Waals surface area (Å²) in [5.74, 6) is -1.20. The molecule has 1 aromatic carbocycles. The lowest BCUT2D eigenvalue weighted by Crippen LogP contribution is -2.46. The minimum absolute atomic E-state index is 0.129. The van der Waals surface area contributed by atoms with Gasteiger partial charge >= 0.3 is 6.18 Å². The molecule has 0 bridgehead atoms. The molecule has 0 aliphatic carbocycles. The number of sulfonamides is 1. The van der Waals surface area contributed by atoms with E-state index < -0.39 is 38.4 Å². The van der Waals surface area contributed by atoms with Crippen molar-refractivity contribution in [3.8, 4) is 0 Å². The zero-order valence-corrected chi connectivity index (χ0v) is 13.0. The summed E-state index contributed by atoms with van der Waals surface area (Å²) in [5.41, 5.74) is -0.872. The Balaban J connectivity index is 3.37. The maximum atomic E-state index is 13.6. The summed E-state index contributed by atoms with van der Waals surface area (Å²) in [6.45, 7) is 3.70. The number of benzene rings is 1. The molecule has 120 valence electrons. The van der Waals surface area contributed by atoms with Gasteiger partial charge in [-0.3, -0.25) is 0 Å². The van der Waals surface area contributed by atoms with E-state index in [1.807, 2.05) is 0 Å². The van der Waals surface area contributed by atoms with E-state index in [4.69, 9.17) is 11.6 Å². The van der Waals surface area contributed by atoms with Crippen molar-refractivity contribution in [3.05, 3.63) is 34.6 Å². The topological polar surface area (TPSA) is 46.2 Å². The molecule has 1 N–H and O–H groups in total. The smallest absolute Gasteiger partial charge is 0.212 e. The number of alkyl halides is 3. The molecule has 0 amide bonds. The second-order valence-electron chi connectivity index (χ2n) is 5.37. The average Bonchev–Trinajstić information content (AvgIpc) is 2.26. The molecule has 3 nitrogen and oxygen atoms in total. The second-order valence-corrected chi connectivity index (χ2v) is 8.28. The number of rotatable bonds is 3. The first-order valence-corrected chi connectivity index (χ1v) is 7.65. The monoisotopic (exact) mass is 347 g/mol. The second kappa shape index (κ2) is 5.73. The molecule has 0 radical (unpaired) electrons. The molecular formula is C12H14ClF4NO2S. The van der Waals surface area contributed by atoms with E-state index >= 15 is 0 Å². The van der Waals surface area contributed by atoms with Crippen LogP contribution in [0.1, 0.15) is 32.4 Å². The maximum Gasteiger partial charge on any atom is 0.408 e. The van der Waals surface area contributed by atoms with Gasteiger partial charge in [-0.2, -0.15) is 17.9 Å². The Morgan fingerprint density at radius 3 is 2.14 bits per heavy atom. The molecule has 0 saturated carbocycles. The van der Waals surface area contributed by atoms with Crippen molar-refractivity contribution in [2.45, 2.75) is 37.7 Å². The molecule has 0 aromatic heterocycles. The van der Waals surface area contributed by atoms with E-state index in [2.05, 4.69) is 0 Å². The summed E-state index contributed by atoms with van der Waals surface area (Å²) in [7, 11) is -4.34. The fourth-order valence-corrected chi connectivity index (χ4v) is 2.48. The van der Waals surface area contributed by atoms with Crippen LogP contribution in [0.3, 0.4) is 0 Å². The molecule has 0 saturated heterocycles. The predicted molar refractivity (Wildman–Crippen MR) is 72.0 cm³/mol. The van der Waals surface area contributed by atoms with Crippen molar-refractivity contribution in [3.63, 3.8) is 0 Å². The third kappa shape index (κ3) is 4.31. The van der Waals surface area contributed by atoms with Crippen LogP contribution in [0.4, 0.5) is 17.6 Å². The van der Waals surface area contributed by atoms with Crippen LogP contribution in [0.15, 0.2) is 18.2 Å². The van der Waals surface area contributed by atoms with Crippen molar-refractivity contribution in [1.29, 1.82) is 0 Å². The number of nitrogens with one attached hydrogen (secondary N) is 1. The van der Waals surface area contributed by atoms with Gasteiger partial charge in [0.2, 0.25) is 10.0 Å². The molecule has 1 aromatic rings. The van der Waals surface area contributed by atoms with Crippen LogP contribution < -0.4 is 4.72 Å². The number of halogens is 5. The Labute approximate surface area is 125 Å². The Kier molecular flexibility index (Phi) is 4.97. The highest BCUT2D eigenvalue weighted by Gasteiger charge is 2.46. The first-order chi connectivity index (χ1) is 9.25. The highest BCUT2D eigenvalue weighted by atomic mass is 35.5. The molecule has 1 rings (SSSR count). The summed E-state index contributed by atoms with van der Waals surface area (Å²) in [4.78, 5) is 0. The number of hydrogen-bond donors (Lipinski definition) is 1. The van der Waals surface area contributed by atoms with Gasteiger partial charge in [0, 0.05) is 10.6 Å². The van der Waals surface area contributed by atoms with Crippen LogP contribution >= 0.6 is 11.6 Å². The van der Waals surface area contributed by atoms with Crippen molar-refractivity contribution >= 4 is 21.6 Å². The average molecular weight is 348 g/mol. The van der Waals surface area contributed by atoms with Gasteiger partial charge in [0.05, 0.1) is 4.75 Å². The van der Waals surface area contributed by atoms with E-state index in [1.165, 1.54) is 25.5 Å². The van der Waals surface area contributed by atoms with E-state index in [0.29, 0.717) is 0 Å². The molecule has 1 atom stereocenters. The van der Waals surface area contributed by atoms with Crippen molar-refractivity contribution in [2.24, 2.45) is 0 Å². The summed E-state index contributed by atoms with van der Waals surface area (Å²) < 4.78 is 76.8. The fraction of sp³-hybridized carbons (Fsp3) is 0.500. The lowest BCUT2D eigenvalue weighted by Gasteiger charge is -2.27.